The molecule has 6 atom stereocenters. The Morgan fingerprint density at radius 2 is 2.14 bits per heavy atom. The van der Waals surface area contributed by atoms with Crippen molar-refractivity contribution in [1.29, 1.82) is 0 Å². The van der Waals surface area contributed by atoms with Gasteiger partial charge in [-0.15, -0.1) is 0 Å². The summed E-state index contributed by atoms with van der Waals surface area (Å²) in [5.74, 6) is -1.61. The van der Waals surface area contributed by atoms with Gasteiger partial charge < -0.3 is 14.6 Å². The van der Waals surface area contributed by atoms with E-state index in [4.69, 9.17) is 24.4 Å². The SMILES string of the molecule is C[C@@H]1CCC([C@@H](C)C(=O)OCCO)[C@@]23OO[C@@](C)(CCC12)O3. The third kappa shape index (κ3) is 2.46. The summed E-state index contributed by atoms with van der Waals surface area (Å²) in [6.07, 6.45) is 3.66. The highest BCUT2D eigenvalue weighted by Gasteiger charge is 2.66. The Labute approximate surface area is 131 Å². The molecule has 0 aromatic heterocycles. The normalized spacial score (nSPS) is 45.2. The molecule has 2 saturated heterocycles. The lowest BCUT2D eigenvalue weighted by molar-refractivity contribution is -0.371. The minimum absolute atomic E-state index is 0.0264. The summed E-state index contributed by atoms with van der Waals surface area (Å²) < 4.78 is 11.3. The fourth-order valence-electron chi connectivity index (χ4n) is 4.35. The summed E-state index contributed by atoms with van der Waals surface area (Å²) in [5.41, 5.74) is 0. The van der Waals surface area contributed by atoms with Gasteiger partial charge in [-0.05, 0) is 32.1 Å². The molecule has 0 amide bonds. The lowest BCUT2D eigenvalue weighted by Gasteiger charge is -2.50. The quantitative estimate of drug-likeness (QED) is 0.632. The molecule has 126 valence electrons. The Kier molecular flexibility index (Phi) is 4.22. The third-order valence-corrected chi connectivity index (χ3v) is 5.60. The molecule has 2 heterocycles. The first-order chi connectivity index (χ1) is 10.4. The summed E-state index contributed by atoms with van der Waals surface area (Å²) in [4.78, 5) is 23.5. The van der Waals surface area contributed by atoms with Gasteiger partial charge in [-0.2, -0.15) is 9.78 Å². The Bertz CT molecular complexity index is 440. The van der Waals surface area contributed by atoms with Crippen LogP contribution in [-0.4, -0.2) is 35.9 Å². The van der Waals surface area contributed by atoms with Gasteiger partial charge in [-0.3, -0.25) is 4.79 Å². The van der Waals surface area contributed by atoms with Crippen LogP contribution in [0, 0.1) is 23.7 Å². The predicted molar refractivity (Wildman–Crippen MR) is 76.2 cm³/mol. The van der Waals surface area contributed by atoms with Crippen molar-refractivity contribution in [3.8, 4) is 0 Å². The number of esters is 1. The zero-order valence-corrected chi connectivity index (χ0v) is 13.5. The molecule has 22 heavy (non-hydrogen) atoms. The van der Waals surface area contributed by atoms with Crippen molar-refractivity contribution in [2.24, 2.45) is 23.7 Å². The van der Waals surface area contributed by atoms with Gasteiger partial charge in [0.2, 0.25) is 11.6 Å². The van der Waals surface area contributed by atoms with Gasteiger partial charge in [0.15, 0.2) is 0 Å². The molecule has 3 fully saturated rings. The van der Waals surface area contributed by atoms with Crippen molar-refractivity contribution < 1.29 is 29.1 Å². The molecule has 1 spiro atoms. The van der Waals surface area contributed by atoms with E-state index >= 15 is 0 Å². The van der Waals surface area contributed by atoms with Crippen molar-refractivity contribution >= 4 is 5.97 Å². The van der Waals surface area contributed by atoms with E-state index in [1.165, 1.54) is 0 Å². The van der Waals surface area contributed by atoms with Gasteiger partial charge >= 0.3 is 5.97 Å². The van der Waals surface area contributed by atoms with E-state index in [1.54, 1.807) is 0 Å². The molecule has 3 aliphatic rings. The molecule has 1 saturated carbocycles. The molecular formula is C16H26O6. The number of fused-ring (bicyclic) bond motifs is 1. The van der Waals surface area contributed by atoms with E-state index < -0.39 is 11.6 Å². The average Bonchev–Trinajstić information content (AvgIpc) is 2.75. The van der Waals surface area contributed by atoms with Gasteiger partial charge in [0.25, 0.3) is 0 Å². The average molecular weight is 314 g/mol. The first-order valence-corrected chi connectivity index (χ1v) is 8.26. The van der Waals surface area contributed by atoms with Crippen LogP contribution in [0.4, 0.5) is 0 Å². The van der Waals surface area contributed by atoms with Crippen LogP contribution in [0.15, 0.2) is 0 Å². The number of aliphatic hydroxyl groups excluding tert-OH is 1. The Balaban J connectivity index is 1.83. The van der Waals surface area contributed by atoms with Crippen molar-refractivity contribution in [2.75, 3.05) is 13.2 Å². The van der Waals surface area contributed by atoms with Crippen LogP contribution in [0.2, 0.25) is 0 Å². The summed E-state index contributed by atoms with van der Waals surface area (Å²) in [5, 5.41) is 8.82. The molecule has 1 N–H and O–H groups in total. The Morgan fingerprint density at radius 1 is 1.36 bits per heavy atom. The number of hydrogen-bond donors (Lipinski definition) is 1. The van der Waals surface area contributed by atoms with E-state index in [9.17, 15) is 4.79 Å². The maximum Gasteiger partial charge on any atom is 0.309 e. The van der Waals surface area contributed by atoms with Gasteiger partial charge in [-0.1, -0.05) is 13.8 Å². The first kappa shape index (κ1) is 16.2. The number of ether oxygens (including phenoxy) is 2. The summed E-state index contributed by atoms with van der Waals surface area (Å²) >= 11 is 0. The zero-order valence-electron chi connectivity index (χ0n) is 13.5. The fraction of sp³-hybridized carbons (Fsp3) is 0.938. The fourth-order valence-corrected chi connectivity index (χ4v) is 4.35. The lowest BCUT2D eigenvalue weighted by Crippen LogP contribution is -2.58. The Hall–Kier alpha value is -0.690. The zero-order chi connectivity index (χ0) is 16.0. The number of hydrogen-bond acceptors (Lipinski definition) is 6. The minimum atomic E-state index is -0.845. The van der Waals surface area contributed by atoms with Crippen LogP contribution in [0.25, 0.3) is 0 Å². The summed E-state index contributed by atoms with van der Waals surface area (Å²) in [6, 6.07) is 0. The molecule has 0 radical (unpaired) electrons. The molecule has 0 aromatic carbocycles. The summed E-state index contributed by atoms with van der Waals surface area (Å²) in [6.45, 7) is 5.82. The largest absolute Gasteiger partial charge is 0.463 e. The highest BCUT2D eigenvalue weighted by atomic mass is 17.3. The highest BCUT2D eigenvalue weighted by molar-refractivity contribution is 5.72. The number of aliphatic hydroxyl groups is 1. The molecule has 6 heteroatoms. The van der Waals surface area contributed by atoms with Crippen molar-refractivity contribution in [1.82, 2.24) is 0 Å². The maximum absolute atomic E-state index is 12.2. The van der Waals surface area contributed by atoms with Crippen molar-refractivity contribution in [3.63, 3.8) is 0 Å². The smallest absolute Gasteiger partial charge is 0.309 e. The monoisotopic (exact) mass is 314 g/mol. The minimum Gasteiger partial charge on any atom is -0.463 e. The van der Waals surface area contributed by atoms with Crippen LogP contribution >= 0.6 is 0 Å². The Morgan fingerprint density at radius 3 is 2.86 bits per heavy atom. The lowest BCUT2D eigenvalue weighted by atomic mass is 9.63. The van der Waals surface area contributed by atoms with E-state index in [2.05, 4.69) is 6.92 Å². The van der Waals surface area contributed by atoms with E-state index in [-0.39, 0.29) is 36.9 Å². The van der Waals surface area contributed by atoms with Gasteiger partial charge in [0, 0.05) is 18.3 Å². The number of carbonyl (C=O) groups is 1. The molecule has 2 bridgehead atoms. The van der Waals surface area contributed by atoms with Crippen LogP contribution < -0.4 is 0 Å². The van der Waals surface area contributed by atoms with E-state index in [0.29, 0.717) is 5.92 Å². The molecule has 2 unspecified atom stereocenters. The van der Waals surface area contributed by atoms with E-state index in [0.717, 1.165) is 25.7 Å². The van der Waals surface area contributed by atoms with Gasteiger partial charge in [0.1, 0.15) is 6.61 Å². The predicted octanol–water partition coefficient (Wildman–Crippen LogP) is 2.00. The molecular weight excluding hydrogens is 288 g/mol. The summed E-state index contributed by atoms with van der Waals surface area (Å²) in [7, 11) is 0. The second-order valence-corrected chi connectivity index (χ2v) is 7.11. The van der Waals surface area contributed by atoms with Crippen LogP contribution in [0.3, 0.4) is 0 Å². The van der Waals surface area contributed by atoms with Crippen LogP contribution in [-0.2, 0) is 24.0 Å². The molecule has 2 aliphatic heterocycles. The number of carbonyl (C=O) groups excluding carboxylic acids is 1. The topological polar surface area (TPSA) is 74.2 Å². The van der Waals surface area contributed by atoms with Crippen molar-refractivity contribution in [3.05, 3.63) is 0 Å². The van der Waals surface area contributed by atoms with Gasteiger partial charge in [0.05, 0.1) is 12.5 Å². The maximum atomic E-state index is 12.2. The third-order valence-electron chi connectivity index (χ3n) is 5.60. The van der Waals surface area contributed by atoms with Gasteiger partial charge in [-0.25, -0.2) is 0 Å². The highest BCUT2D eigenvalue weighted by Crippen LogP contribution is 2.58. The van der Waals surface area contributed by atoms with Crippen LogP contribution in [0.5, 0.6) is 0 Å². The molecule has 1 aliphatic carbocycles. The molecule has 3 rings (SSSR count). The second kappa shape index (κ2) is 5.74. The second-order valence-electron chi connectivity index (χ2n) is 7.11. The van der Waals surface area contributed by atoms with Crippen LogP contribution in [0.1, 0.15) is 46.5 Å². The standard InChI is InChI=1S/C16H26O6/c1-10-4-5-13(11(2)14(18)19-9-8-17)16-12(10)6-7-15(3,20-16)21-22-16/h10-13,17H,4-9H2,1-3H3/t10-,11-,12?,13?,15+,16+/m1/s1. The van der Waals surface area contributed by atoms with E-state index in [1.807, 2.05) is 13.8 Å². The number of rotatable bonds is 4. The first-order valence-electron chi connectivity index (χ1n) is 8.26. The van der Waals surface area contributed by atoms with Crippen molar-refractivity contribution in [2.45, 2.75) is 58.0 Å². The molecule has 6 nitrogen and oxygen atoms in total. The molecule has 0 aromatic rings.